The molecule has 3 rings (SSSR count). The third-order valence-electron chi connectivity index (χ3n) is 3.19. The summed E-state index contributed by atoms with van der Waals surface area (Å²) in [5.74, 6) is 0. The van der Waals surface area contributed by atoms with Gasteiger partial charge in [0.1, 0.15) is 0 Å². The van der Waals surface area contributed by atoms with Gasteiger partial charge in [0, 0.05) is 23.1 Å². The van der Waals surface area contributed by atoms with Gasteiger partial charge in [-0.1, -0.05) is 52.0 Å². The lowest BCUT2D eigenvalue weighted by atomic mass is 10.2. The van der Waals surface area contributed by atoms with Crippen LogP contribution >= 0.6 is 0 Å². The lowest BCUT2D eigenvalue weighted by Crippen LogP contribution is -2.02. The van der Waals surface area contributed by atoms with E-state index in [-0.39, 0.29) is 0 Å². The molecule has 0 atom stereocenters. The van der Waals surface area contributed by atoms with Crippen LogP contribution in [0.25, 0.3) is 22.3 Å². The van der Waals surface area contributed by atoms with E-state index in [4.69, 9.17) is 0 Å². The number of hydrogen-bond acceptors (Lipinski definition) is 1. The molecule has 0 bridgehead atoms. The normalized spacial score (nSPS) is 9.77. The number of para-hydroxylation sites is 1. The van der Waals surface area contributed by atoms with Crippen LogP contribution in [0.5, 0.6) is 0 Å². The average Bonchev–Trinajstić information content (AvgIpc) is 2.99. The van der Waals surface area contributed by atoms with Crippen molar-refractivity contribution < 1.29 is 0 Å². The number of aromatic nitrogens is 2. The van der Waals surface area contributed by atoms with Gasteiger partial charge in [0.2, 0.25) is 0 Å². The highest BCUT2D eigenvalue weighted by atomic mass is 15.0. The van der Waals surface area contributed by atoms with Crippen LogP contribution in [0.15, 0.2) is 54.7 Å². The number of nitrogens with zero attached hydrogens (tertiary/aromatic N) is 2. The molecule has 0 amide bonds. The van der Waals surface area contributed by atoms with Crippen LogP contribution in [0.3, 0.4) is 0 Å². The summed E-state index contributed by atoms with van der Waals surface area (Å²) in [6, 6.07) is 17.2. The highest BCUT2D eigenvalue weighted by molar-refractivity contribution is 5.86. The molecule has 2 heteroatoms. The van der Waals surface area contributed by atoms with E-state index in [1.54, 1.807) is 0 Å². The monoisotopic (exact) mass is 296 g/mol. The summed E-state index contributed by atoms with van der Waals surface area (Å²) < 4.78 is 2.34. The summed E-state index contributed by atoms with van der Waals surface area (Å²) in [5.41, 5.74) is 3.49. The summed E-state index contributed by atoms with van der Waals surface area (Å²) in [4.78, 5) is 4.47. The zero-order valence-electron chi connectivity index (χ0n) is 14.7. The summed E-state index contributed by atoms with van der Waals surface area (Å²) in [5, 5.41) is 1.27. The van der Waals surface area contributed by atoms with E-state index in [0.29, 0.717) is 6.04 Å². The number of pyridine rings is 1. The van der Waals surface area contributed by atoms with E-state index >= 15 is 0 Å². The number of fused-ring (bicyclic) bond motifs is 1. The van der Waals surface area contributed by atoms with Crippen LogP contribution in [-0.4, -0.2) is 9.55 Å². The molecule has 0 aliphatic heterocycles. The van der Waals surface area contributed by atoms with Crippen LogP contribution in [0.1, 0.15) is 47.6 Å². The predicted octanol–water partition coefficient (Wildman–Crippen LogP) is 6.34. The first kappa shape index (κ1) is 18.0. The molecule has 2 aromatic heterocycles. The predicted molar refractivity (Wildman–Crippen MR) is 98.3 cm³/mol. The van der Waals surface area contributed by atoms with E-state index in [1.165, 1.54) is 16.6 Å². The van der Waals surface area contributed by atoms with E-state index in [0.717, 1.165) is 5.69 Å². The van der Waals surface area contributed by atoms with Gasteiger partial charge in [-0.25, -0.2) is 0 Å². The van der Waals surface area contributed by atoms with Crippen molar-refractivity contribution in [2.75, 3.05) is 0 Å². The fourth-order valence-electron chi connectivity index (χ4n) is 2.44. The van der Waals surface area contributed by atoms with Gasteiger partial charge in [-0.2, -0.15) is 0 Å². The fraction of sp³-hybridized carbons (Fsp3) is 0.350. The Morgan fingerprint density at radius 2 is 1.50 bits per heavy atom. The third kappa shape index (κ3) is 3.76. The van der Waals surface area contributed by atoms with E-state index in [1.807, 2.05) is 46.0 Å². The van der Waals surface area contributed by atoms with Crippen LogP contribution in [-0.2, 0) is 0 Å². The topological polar surface area (TPSA) is 17.8 Å². The number of rotatable bonds is 2. The Morgan fingerprint density at radius 1 is 0.864 bits per heavy atom. The molecular formula is C20H28N2. The molecule has 0 saturated carbocycles. The van der Waals surface area contributed by atoms with Gasteiger partial charge in [0.05, 0.1) is 11.4 Å². The van der Waals surface area contributed by atoms with Crippen molar-refractivity contribution >= 4 is 10.9 Å². The SMILES string of the molecule is CC.CC.CC(C)n1c(-c2ccccn2)cc2ccccc21. The lowest BCUT2D eigenvalue weighted by Gasteiger charge is -2.14. The number of hydrogen-bond donors (Lipinski definition) is 0. The first-order valence-corrected chi connectivity index (χ1v) is 8.29. The van der Waals surface area contributed by atoms with Crippen molar-refractivity contribution in [3.63, 3.8) is 0 Å². The van der Waals surface area contributed by atoms with Gasteiger partial charge in [-0.05, 0) is 38.1 Å². The lowest BCUT2D eigenvalue weighted by molar-refractivity contribution is 0.628. The highest BCUT2D eigenvalue weighted by Gasteiger charge is 2.12. The minimum absolute atomic E-state index is 0.418. The van der Waals surface area contributed by atoms with Gasteiger partial charge < -0.3 is 4.57 Å². The standard InChI is InChI=1S/C16H16N2.2C2H6/c1-12(2)18-15-9-4-3-7-13(15)11-16(18)14-8-5-6-10-17-14;2*1-2/h3-12H,1-2H3;2*1-2H3. The van der Waals surface area contributed by atoms with E-state index < -0.39 is 0 Å². The molecular weight excluding hydrogens is 268 g/mol. The molecule has 1 aromatic carbocycles. The third-order valence-corrected chi connectivity index (χ3v) is 3.19. The van der Waals surface area contributed by atoms with Crippen molar-refractivity contribution in [2.24, 2.45) is 0 Å². The first-order valence-electron chi connectivity index (χ1n) is 8.29. The summed E-state index contributed by atoms with van der Waals surface area (Å²) in [7, 11) is 0. The van der Waals surface area contributed by atoms with Crippen molar-refractivity contribution in [1.82, 2.24) is 9.55 Å². The van der Waals surface area contributed by atoms with Crippen LogP contribution in [0.4, 0.5) is 0 Å². The Balaban J connectivity index is 0.000000561. The first-order chi connectivity index (χ1) is 10.8. The molecule has 3 aromatic rings. The van der Waals surface area contributed by atoms with Crippen LogP contribution < -0.4 is 0 Å². The van der Waals surface area contributed by atoms with Gasteiger partial charge in [0.15, 0.2) is 0 Å². The Bertz CT molecular complexity index is 666. The number of benzene rings is 1. The molecule has 22 heavy (non-hydrogen) atoms. The Labute approximate surface area is 134 Å². The molecule has 0 spiro atoms. The molecule has 2 heterocycles. The molecule has 0 fully saturated rings. The fourth-order valence-corrected chi connectivity index (χ4v) is 2.44. The summed E-state index contributed by atoms with van der Waals surface area (Å²) in [6.45, 7) is 12.4. The van der Waals surface area contributed by atoms with E-state index in [9.17, 15) is 0 Å². The zero-order chi connectivity index (χ0) is 16.5. The molecule has 118 valence electrons. The summed E-state index contributed by atoms with van der Waals surface area (Å²) in [6.07, 6.45) is 1.84. The smallest absolute Gasteiger partial charge is 0.0866 e. The van der Waals surface area contributed by atoms with Crippen molar-refractivity contribution in [2.45, 2.75) is 47.6 Å². The van der Waals surface area contributed by atoms with Gasteiger partial charge >= 0.3 is 0 Å². The molecule has 0 aliphatic carbocycles. The molecule has 0 radical (unpaired) electrons. The van der Waals surface area contributed by atoms with Crippen LogP contribution in [0, 0.1) is 0 Å². The highest BCUT2D eigenvalue weighted by Crippen LogP contribution is 2.29. The van der Waals surface area contributed by atoms with Gasteiger partial charge in [0.25, 0.3) is 0 Å². The summed E-state index contributed by atoms with van der Waals surface area (Å²) >= 11 is 0. The Hall–Kier alpha value is -2.09. The second kappa shape index (κ2) is 9.04. The van der Waals surface area contributed by atoms with Crippen LogP contribution in [0.2, 0.25) is 0 Å². The van der Waals surface area contributed by atoms with Crippen molar-refractivity contribution in [3.8, 4) is 11.4 Å². The average molecular weight is 296 g/mol. The maximum Gasteiger partial charge on any atom is 0.0866 e. The van der Waals surface area contributed by atoms with Crippen molar-refractivity contribution in [3.05, 3.63) is 54.7 Å². The second-order valence-corrected chi connectivity index (χ2v) is 4.77. The Morgan fingerprint density at radius 3 is 2.09 bits per heavy atom. The minimum Gasteiger partial charge on any atom is -0.337 e. The van der Waals surface area contributed by atoms with Crippen molar-refractivity contribution in [1.29, 1.82) is 0 Å². The van der Waals surface area contributed by atoms with Gasteiger partial charge in [-0.15, -0.1) is 0 Å². The molecule has 0 unspecified atom stereocenters. The zero-order valence-corrected chi connectivity index (χ0v) is 14.7. The Kier molecular flexibility index (Phi) is 7.38. The minimum atomic E-state index is 0.418. The molecule has 0 saturated heterocycles. The maximum atomic E-state index is 4.47. The maximum absolute atomic E-state index is 4.47. The molecule has 2 nitrogen and oxygen atoms in total. The second-order valence-electron chi connectivity index (χ2n) is 4.77. The largest absolute Gasteiger partial charge is 0.337 e. The molecule has 0 aliphatic rings. The quantitative estimate of drug-likeness (QED) is 0.539. The molecule has 0 N–H and O–H groups in total. The van der Waals surface area contributed by atoms with E-state index in [2.05, 4.69) is 59.8 Å². The van der Waals surface area contributed by atoms with Gasteiger partial charge in [-0.3, -0.25) is 4.98 Å².